The van der Waals surface area contributed by atoms with Crippen molar-refractivity contribution in [3.8, 4) is 5.69 Å². The van der Waals surface area contributed by atoms with E-state index in [1.165, 1.54) is 11.3 Å². The van der Waals surface area contributed by atoms with Crippen molar-refractivity contribution in [2.24, 2.45) is 11.1 Å². The van der Waals surface area contributed by atoms with Crippen LogP contribution in [0.15, 0.2) is 24.4 Å². The van der Waals surface area contributed by atoms with Gasteiger partial charge in [-0.3, -0.25) is 0 Å². The Morgan fingerprint density at radius 1 is 1.24 bits per heavy atom. The molecule has 1 aliphatic carbocycles. The van der Waals surface area contributed by atoms with Crippen molar-refractivity contribution in [1.82, 2.24) is 4.57 Å². The van der Waals surface area contributed by atoms with Crippen molar-refractivity contribution in [3.05, 3.63) is 51.3 Å². The van der Waals surface area contributed by atoms with Crippen LogP contribution in [0.4, 0.5) is 0 Å². The first kappa shape index (κ1) is 15.0. The van der Waals surface area contributed by atoms with E-state index in [-0.39, 0.29) is 11.5 Å². The third kappa shape index (κ3) is 2.61. The molecule has 2 nitrogen and oxygen atoms in total. The number of halogens is 2. The van der Waals surface area contributed by atoms with E-state index < -0.39 is 0 Å². The molecule has 4 heteroatoms. The Labute approximate surface area is 135 Å². The highest BCUT2D eigenvalue weighted by Crippen LogP contribution is 2.41. The summed E-state index contributed by atoms with van der Waals surface area (Å²) in [7, 11) is 0. The molecule has 0 fully saturated rings. The van der Waals surface area contributed by atoms with Gasteiger partial charge < -0.3 is 10.3 Å². The molecule has 1 aromatic carbocycles. The molecule has 0 bridgehead atoms. The van der Waals surface area contributed by atoms with Crippen LogP contribution in [0.1, 0.15) is 43.1 Å². The second-order valence-corrected chi connectivity index (χ2v) is 7.61. The normalized spacial score (nSPS) is 20.4. The van der Waals surface area contributed by atoms with Crippen molar-refractivity contribution in [1.29, 1.82) is 0 Å². The fourth-order valence-electron chi connectivity index (χ4n) is 3.28. The van der Waals surface area contributed by atoms with E-state index in [1.54, 1.807) is 0 Å². The maximum atomic E-state index is 6.43. The van der Waals surface area contributed by atoms with Crippen LogP contribution in [-0.2, 0) is 6.42 Å². The largest absolute Gasteiger partial charge is 0.324 e. The molecule has 1 aromatic heterocycles. The SMILES string of the molecule is Cc1cc(Cl)c(-n2ccc3c2CC(C)(C)CC3N)cc1Cl. The Morgan fingerprint density at radius 3 is 2.67 bits per heavy atom. The molecule has 21 heavy (non-hydrogen) atoms. The van der Waals surface area contributed by atoms with Gasteiger partial charge in [0.1, 0.15) is 0 Å². The molecule has 0 saturated carbocycles. The number of nitrogens with zero attached hydrogens (tertiary/aromatic N) is 1. The van der Waals surface area contributed by atoms with E-state index >= 15 is 0 Å². The Hall–Kier alpha value is -0.960. The number of hydrogen-bond donors (Lipinski definition) is 1. The third-order valence-electron chi connectivity index (χ3n) is 4.33. The summed E-state index contributed by atoms with van der Waals surface area (Å²) >= 11 is 12.7. The van der Waals surface area contributed by atoms with Gasteiger partial charge in [0, 0.05) is 23.0 Å². The second kappa shape index (κ2) is 5.05. The zero-order valence-corrected chi connectivity index (χ0v) is 14.1. The van der Waals surface area contributed by atoms with Gasteiger partial charge in [0.25, 0.3) is 0 Å². The average Bonchev–Trinajstić information content (AvgIpc) is 2.76. The maximum absolute atomic E-state index is 6.43. The Morgan fingerprint density at radius 2 is 1.95 bits per heavy atom. The van der Waals surface area contributed by atoms with Crippen LogP contribution in [0, 0.1) is 12.3 Å². The van der Waals surface area contributed by atoms with Crippen LogP contribution >= 0.6 is 23.2 Å². The van der Waals surface area contributed by atoms with Crippen LogP contribution in [0.25, 0.3) is 5.69 Å². The standard InChI is InChI=1S/C17H20Cl2N2/c1-10-6-13(19)15(7-12(10)18)21-5-4-11-14(20)8-17(2,3)9-16(11)21/h4-7,14H,8-9,20H2,1-3H3. The summed E-state index contributed by atoms with van der Waals surface area (Å²) in [5.41, 5.74) is 10.9. The van der Waals surface area contributed by atoms with Crippen LogP contribution < -0.4 is 5.73 Å². The van der Waals surface area contributed by atoms with Gasteiger partial charge in [-0.1, -0.05) is 37.0 Å². The molecule has 0 spiro atoms. The molecule has 3 rings (SSSR count). The predicted octanol–water partition coefficient (Wildman–Crippen LogP) is 5.06. The summed E-state index contributed by atoms with van der Waals surface area (Å²) in [6, 6.07) is 6.05. The lowest BCUT2D eigenvalue weighted by Crippen LogP contribution is -2.30. The Balaban J connectivity index is 2.16. The van der Waals surface area contributed by atoms with E-state index in [2.05, 4.69) is 30.7 Å². The number of aryl methyl sites for hydroxylation is 1. The molecule has 1 unspecified atom stereocenters. The monoisotopic (exact) mass is 322 g/mol. The molecule has 112 valence electrons. The van der Waals surface area contributed by atoms with Crippen molar-refractivity contribution in [2.75, 3.05) is 0 Å². The zero-order valence-electron chi connectivity index (χ0n) is 12.6. The first-order chi connectivity index (χ1) is 9.78. The van der Waals surface area contributed by atoms with Crippen molar-refractivity contribution >= 4 is 23.2 Å². The Bertz CT molecular complexity index is 701. The lowest BCUT2D eigenvalue weighted by molar-refractivity contribution is 0.278. The predicted molar refractivity (Wildman–Crippen MR) is 89.6 cm³/mol. The molecule has 1 heterocycles. The molecule has 1 aliphatic rings. The smallest absolute Gasteiger partial charge is 0.0653 e. The minimum atomic E-state index is 0.0877. The fraction of sp³-hybridized carbons (Fsp3) is 0.412. The van der Waals surface area contributed by atoms with Crippen LogP contribution in [0.2, 0.25) is 10.0 Å². The van der Waals surface area contributed by atoms with Gasteiger partial charge >= 0.3 is 0 Å². The lowest BCUT2D eigenvalue weighted by Gasteiger charge is -2.34. The number of nitrogens with two attached hydrogens (primary N) is 1. The Kier molecular flexibility index (Phi) is 3.59. The second-order valence-electron chi connectivity index (χ2n) is 6.79. The molecule has 0 aliphatic heterocycles. The highest BCUT2D eigenvalue weighted by Gasteiger charge is 2.32. The first-order valence-corrected chi connectivity index (χ1v) is 7.96. The number of benzene rings is 1. The number of aromatic nitrogens is 1. The van der Waals surface area contributed by atoms with Gasteiger partial charge in [-0.2, -0.15) is 0 Å². The van der Waals surface area contributed by atoms with E-state index in [1.807, 2.05) is 19.1 Å². The van der Waals surface area contributed by atoms with Crippen molar-refractivity contribution in [3.63, 3.8) is 0 Å². The molecule has 1 atom stereocenters. The number of rotatable bonds is 1. The van der Waals surface area contributed by atoms with E-state index in [0.29, 0.717) is 5.02 Å². The van der Waals surface area contributed by atoms with Gasteiger partial charge in [-0.05, 0) is 54.5 Å². The highest BCUT2D eigenvalue weighted by molar-refractivity contribution is 6.35. The molecule has 0 radical (unpaired) electrons. The van der Waals surface area contributed by atoms with Gasteiger partial charge in [0.15, 0.2) is 0 Å². The third-order valence-corrected chi connectivity index (χ3v) is 5.04. The van der Waals surface area contributed by atoms with Crippen LogP contribution in [-0.4, -0.2) is 4.57 Å². The van der Waals surface area contributed by atoms with Crippen LogP contribution in [0.5, 0.6) is 0 Å². The summed E-state index contributed by atoms with van der Waals surface area (Å²) < 4.78 is 2.14. The summed E-state index contributed by atoms with van der Waals surface area (Å²) in [5, 5.41) is 1.45. The van der Waals surface area contributed by atoms with Gasteiger partial charge in [0.05, 0.1) is 10.7 Å². The van der Waals surface area contributed by atoms with E-state index in [9.17, 15) is 0 Å². The summed E-state index contributed by atoms with van der Waals surface area (Å²) in [4.78, 5) is 0. The van der Waals surface area contributed by atoms with E-state index in [0.717, 1.165) is 29.1 Å². The molecular formula is C17H20Cl2N2. The molecule has 0 saturated heterocycles. The van der Waals surface area contributed by atoms with E-state index in [4.69, 9.17) is 28.9 Å². The number of fused-ring (bicyclic) bond motifs is 1. The number of hydrogen-bond acceptors (Lipinski definition) is 1. The molecular weight excluding hydrogens is 303 g/mol. The summed E-state index contributed by atoms with van der Waals surface area (Å²) in [6.45, 7) is 6.48. The topological polar surface area (TPSA) is 30.9 Å². The molecule has 2 N–H and O–H groups in total. The fourth-order valence-corrected chi connectivity index (χ4v) is 3.75. The minimum absolute atomic E-state index is 0.0877. The summed E-state index contributed by atoms with van der Waals surface area (Å²) in [6.07, 6.45) is 4.05. The van der Waals surface area contributed by atoms with Crippen molar-refractivity contribution < 1.29 is 0 Å². The van der Waals surface area contributed by atoms with Gasteiger partial charge in [0.2, 0.25) is 0 Å². The first-order valence-electron chi connectivity index (χ1n) is 7.20. The average molecular weight is 323 g/mol. The van der Waals surface area contributed by atoms with Crippen molar-refractivity contribution in [2.45, 2.75) is 39.7 Å². The lowest BCUT2D eigenvalue weighted by atomic mass is 9.74. The molecule has 2 aromatic rings. The molecule has 0 amide bonds. The van der Waals surface area contributed by atoms with Crippen LogP contribution in [0.3, 0.4) is 0 Å². The quantitative estimate of drug-likeness (QED) is 0.781. The van der Waals surface area contributed by atoms with Gasteiger partial charge in [-0.15, -0.1) is 0 Å². The highest BCUT2D eigenvalue weighted by atomic mass is 35.5. The van der Waals surface area contributed by atoms with Gasteiger partial charge in [-0.25, -0.2) is 0 Å². The maximum Gasteiger partial charge on any atom is 0.0653 e. The summed E-state index contributed by atoms with van der Waals surface area (Å²) in [5.74, 6) is 0. The zero-order chi connectivity index (χ0) is 15.4. The minimum Gasteiger partial charge on any atom is -0.324 e.